The SMILES string of the molecule is COCC(C)N(C)S(=O)(=O)c1cc(CO)n(C2CC2)c1. The fraction of sp³-hybridized carbons (Fsp3) is 0.692. The van der Waals surface area contributed by atoms with Gasteiger partial charge in [0.25, 0.3) is 0 Å². The summed E-state index contributed by atoms with van der Waals surface area (Å²) in [5.41, 5.74) is 0.652. The van der Waals surface area contributed by atoms with E-state index >= 15 is 0 Å². The van der Waals surface area contributed by atoms with Crippen LogP contribution in [0.1, 0.15) is 31.5 Å². The van der Waals surface area contributed by atoms with E-state index in [9.17, 15) is 13.5 Å². The molecule has 1 heterocycles. The Kier molecular flexibility index (Phi) is 4.53. The Balaban J connectivity index is 2.29. The van der Waals surface area contributed by atoms with Crippen LogP contribution < -0.4 is 0 Å². The molecule has 1 unspecified atom stereocenters. The Morgan fingerprint density at radius 3 is 2.70 bits per heavy atom. The molecule has 0 saturated heterocycles. The molecular weight excluding hydrogens is 280 g/mol. The van der Waals surface area contributed by atoms with E-state index in [4.69, 9.17) is 4.74 Å². The summed E-state index contributed by atoms with van der Waals surface area (Å²) in [6, 6.07) is 1.65. The van der Waals surface area contributed by atoms with Gasteiger partial charge in [0.2, 0.25) is 10.0 Å². The molecule has 0 bridgehead atoms. The van der Waals surface area contributed by atoms with Crippen molar-refractivity contribution in [2.24, 2.45) is 0 Å². The molecule has 0 aliphatic heterocycles. The lowest BCUT2D eigenvalue weighted by molar-refractivity contribution is 0.149. The average Bonchev–Trinajstić information content (AvgIpc) is 3.16. The summed E-state index contributed by atoms with van der Waals surface area (Å²) >= 11 is 0. The van der Waals surface area contributed by atoms with Crippen molar-refractivity contribution >= 4 is 10.0 Å². The lowest BCUT2D eigenvalue weighted by Gasteiger charge is -2.23. The predicted molar refractivity (Wildman–Crippen MR) is 74.9 cm³/mol. The Morgan fingerprint density at radius 2 is 2.20 bits per heavy atom. The number of sulfonamides is 1. The number of likely N-dealkylation sites (N-methyl/N-ethyl adjacent to an activating group) is 1. The maximum Gasteiger partial charge on any atom is 0.244 e. The predicted octanol–water partition coefficient (Wildman–Crippen LogP) is 0.971. The molecule has 1 fully saturated rings. The first-order chi connectivity index (χ1) is 9.41. The molecule has 0 amide bonds. The Labute approximate surface area is 120 Å². The second-order valence-electron chi connectivity index (χ2n) is 5.29. The van der Waals surface area contributed by atoms with Gasteiger partial charge in [0.05, 0.1) is 13.2 Å². The molecule has 1 aliphatic carbocycles. The Hall–Kier alpha value is -0.890. The third kappa shape index (κ3) is 2.90. The minimum absolute atomic E-state index is 0.149. The van der Waals surface area contributed by atoms with Crippen LogP contribution in [0.25, 0.3) is 0 Å². The molecule has 2 rings (SSSR count). The van der Waals surface area contributed by atoms with Gasteiger partial charge >= 0.3 is 0 Å². The summed E-state index contributed by atoms with van der Waals surface area (Å²) in [4.78, 5) is 0.235. The van der Waals surface area contributed by atoms with Gasteiger partial charge < -0.3 is 14.4 Å². The third-order valence-corrected chi connectivity index (χ3v) is 5.65. The van der Waals surface area contributed by atoms with Crippen molar-refractivity contribution in [2.45, 2.75) is 43.4 Å². The van der Waals surface area contributed by atoms with Crippen LogP contribution in [0.5, 0.6) is 0 Å². The fourth-order valence-electron chi connectivity index (χ4n) is 2.21. The van der Waals surface area contributed by atoms with Crippen molar-refractivity contribution in [1.29, 1.82) is 0 Å². The summed E-state index contributed by atoms with van der Waals surface area (Å²) in [6.07, 6.45) is 3.71. The molecule has 1 saturated carbocycles. The molecule has 20 heavy (non-hydrogen) atoms. The maximum atomic E-state index is 12.5. The van der Waals surface area contributed by atoms with Crippen molar-refractivity contribution in [2.75, 3.05) is 20.8 Å². The lowest BCUT2D eigenvalue weighted by Crippen LogP contribution is -2.37. The van der Waals surface area contributed by atoms with Gasteiger partial charge in [-0.2, -0.15) is 4.31 Å². The second-order valence-corrected chi connectivity index (χ2v) is 7.29. The zero-order valence-electron chi connectivity index (χ0n) is 12.1. The number of aliphatic hydroxyl groups is 1. The molecule has 0 radical (unpaired) electrons. The zero-order valence-corrected chi connectivity index (χ0v) is 12.9. The minimum Gasteiger partial charge on any atom is -0.390 e. The molecule has 7 heteroatoms. The van der Waals surface area contributed by atoms with E-state index in [1.807, 2.05) is 4.57 Å². The number of nitrogens with zero attached hydrogens (tertiary/aromatic N) is 2. The van der Waals surface area contributed by atoms with Crippen LogP contribution in [-0.2, 0) is 21.4 Å². The van der Waals surface area contributed by atoms with Crippen molar-refractivity contribution < 1.29 is 18.3 Å². The third-order valence-electron chi connectivity index (χ3n) is 3.71. The van der Waals surface area contributed by atoms with Gasteiger partial charge in [0.1, 0.15) is 4.90 Å². The van der Waals surface area contributed by atoms with Gasteiger partial charge in [-0.05, 0) is 25.8 Å². The lowest BCUT2D eigenvalue weighted by atomic mass is 10.4. The highest BCUT2D eigenvalue weighted by atomic mass is 32.2. The normalized spacial score (nSPS) is 17.6. The van der Waals surface area contributed by atoms with E-state index in [1.165, 1.54) is 4.31 Å². The highest BCUT2D eigenvalue weighted by Crippen LogP contribution is 2.37. The largest absolute Gasteiger partial charge is 0.390 e. The highest BCUT2D eigenvalue weighted by molar-refractivity contribution is 7.89. The van der Waals surface area contributed by atoms with Crippen LogP contribution in [0.3, 0.4) is 0 Å². The molecule has 0 aromatic carbocycles. The van der Waals surface area contributed by atoms with Crippen molar-refractivity contribution in [3.05, 3.63) is 18.0 Å². The molecule has 0 spiro atoms. The van der Waals surface area contributed by atoms with Gasteiger partial charge in [-0.3, -0.25) is 0 Å². The van der Waals surface area contributed by atoms with Gasteiger partial charge in [0.15, 0.2) is 0 Å². The first-order valence-corrected chi connectivity index (χ1v) is 8.14. The second kappa shape index (κ2) is 5.85. The molecule has 6 nitrogen and oxygen atoms in total. The van der Waals surface area contributed by atoms with Gasteiger partial charge in [0, 0.05) is 38.1 Å². The summed E-state index contributed by atoms with van der Waals surface area (Å²) in [5.74, 6) is 0. The monoisotopic (exact) mass is 302 g/mol. The van der Waals surface area contributed by atoms with Crippen LogP contribution in [0, 0.1) is 0 Å². The standard InChI is InChI=1S/C13H22N2O4S/c1-10(9-19-3)14(2)20(17,18)13-6-12(8-16)15(7-13)11-4-5-11/h6-7,10-11,16H,4-5,8-9H2,1-3H3. The molecule has 1 N–H and O–H groups in total. The molecule has 114 valence electrons. The summed E-state index contributed by atoms with van der Waals surface area (Å²) < 4.78 is 33.3. The van der Waals surface area contributed by atoms with E-state index in [1.54, 1.807) is 33.3 Å². The number of ether oxygens (including phenoxy) is 1. The maximum absolute atomic E-state index is 12.5. The first-order valence-electron chi connectivity index (χ1n) is 6.70. The quantitative estimate of drug-likeness (QED) is 0.814. The number of aromatic nitrogens is 1. The highest BCUT2D eigenvalue weighted by Gasteiger charge is 2.31. The fourth-order valence-corrected chi connectivity index (χ4v) is 3.61. The molecule has 1 aliphatic rings. The summed E-state index contributed by atoms with van der Waals surface area (Å²) in [5, 5.41) is 9.36. The number of rotatable bonds is 7. The van der Waals surface area contributed by atoms with Crippen LogP contribution in [0.4, 0.5) is 0 Å². The molecule has 1 aromatic rings. The van der Waals surface area contributed by atoms with E-state index in [0.717, 1.165) is 12.8 Å². The van der Waals surface area contributed by atoms with Gasteiger partial charge in [-0.25, -0.2) is 8.42 Å². The first kappa shape index (κ1) is 15.5. The van der Waals surface area contributed by atoms with E-state index in [-0.39, 0.29) is 17.5 Å². The zero-order chi connectivity index (χ0) is 14.9. The minimum atomic E-state index is -3.56. The summed E-state index contributed by atoms with van der Waals surface area (Å²) in [7, 11) is -0.463. The topological polar surface area (TPSA) is 71.8 Å². The molecule has 1 aromatic heterocycles. The smallest absolute Gasteiger partial charge is 0.244 e. The van der Waals surface area contributed by atoms with E-state index in [0.29, 0.717) is 18.3 Å². The van der Waals surface area contributed by atoms with E-state index < -0.39 is 10.0 Å². The van der Waals surface area contributed by atoms with Gasteiger partial charge in [-0.1, -0.05) is 0 Å². The van der Waals surface area contributed by atoms with E-state index in [2.05, 4.69) is 0 Å². The number of aliphatic hydroxyl groups excluding tert-OH is 1. The van der Waals surface area contributed by atoms with Crippen molar-refractivity contribution in [3.63, 3.8) is 0 Å². The van der Waals surface area contributed by atoms with Crippen LogP contribution in [-0.4, -0.2) is 49.2 Å². The van der Waals surface area contributed by atoms with Crippen LogP contribution in [0.2, 0.25) is 0 Å². The number of hydrogen-bond acceptors (Lipinski definition) is 4. The summed E-state index contributed by atoms with van der Waals surface area (Å²) in [6.45, 7) is 1.99. The van der Waals surface area contributed by atoms with Gasteiger partial charge in [-0.15, -0.1) is 0 Å². The molecular formula is C13H22N2O4S. The van der Waals surface area contributed by atoms with Crippen molar-refractivity contribution in [1.82, 2.24) is 8.87 Å². The van der Waals surface area contributed by atoms with Crippen LogP contribution in [0.15, 0.2) is 17.2 Å². The Bertz CT molecular complexity index is 563. The van der Waals surface area contributed by atoms with Crippen molar-refractivity contribution in [3.8, 4) is 0 Å². The van der Waals surface area contributed by atoms with Crippen LogP contribution >= 0.6 is 0 Å². The Morgan fingerprint density at radius 1 is 1.55 bits per heavy atom. The number of methoxy groups -OCH3 is 1. The number of hydrogen-bond donors (Lipinski definition) is 1. The average molecular weight is 302 g/mol. The molecule has 1 atom stereocenters.